The molecule has 1 N–H and O–H groups in total. The third-order valence-corrected chi connectivity index (χ3v) is 4.15. The molecule has 1 aromatic heterocycles. The highest BCUT2D eigenvalue weighted by Gasteiger charge is 2.05. The van der Waals surface area contributed by atoms with Gasteiger partial charge >= 0.3 is 0 Å². The maximum absolute atomic E-state index is 4.39. The molecule has 0 amide bonds. The fourth-order valence-corrected chi connectivity index (χ4v) is 3.12. The summed E-state index contributed by atoms with van der Waals surface area (Å²) in [5, 5.41) is 9.14. The molecule has 25 heavy (non-hydrogen) atoms. The van der Waals surface area contributed by atoms with Gasteiger partial charge in [-0.1, -0.05) is 48.5 Å². The number of benzene rings is 3. The van der Waals surface area contributed by atoms with Crippen molar-refractivity contribution in [3.8, 4) is 0 Å². The molecule has 0 saturated carbocycles. The lowest BCUT2D eigenvalue weighted by Crippen LogP contribution is -2.00. The number of nitrogens with zero attached hydrogens (tertiary/aromatic N) is 3. The molecule has 4 rings (SSSR count). The van der Waals surface area contributed by atoms with E-state index in [4.69, 9.17) is 0 Å². The van der Waals surface area contributed by atoms with Gasteiger partial charge in [0.25, 0.3) is 0 Å². The third kappa shape index (κ3) is 3.06. The monoisotopic (exact) mass is 326 g/mol. The molecular weight excluding hydrogens is 308 g/mol. The number of aromatic nitrogens is 2. The number of hydrazone groups is 1. The van der Waals surface area contributed by atoms with Crippen molar-refractivity contribution in [1.82, 2.24) is 9.97 Å². The van der Waals surface area contributed by atoms with E-state index in [2.05, 4.69) is 75.1 Å². The second-order valence-electron chi connectivity index (χ2n) is 6.08. The number of rotatable bonds is 3. The van der Waals surface area contributed by atoms with E-state index in [-0.39, 0.29) is 0 Å². The van der Waals surface area contributed by atoms with Gasteiger partial charge in [0, 0.05) is 17.0 Å². The summed E-state index contributed by atoms with van der Waals surface area (Å²) in [5.74, 6) is 0.512. The normalized spacial score (nSPS) is 11.4. The van der Waals surface area contributed by atoms with E-state index in [0.29, 0.717) is 5.95 Å². The molecule has 122 valence electrons. The molecule has 0 atom stereocenters. The Kier molecular flexibility index (Phi) is 3.86. The zero-order valence-electron chi connectivity index (χ0n) is 14.2. The molecular formula is C21H18N4. The van der Waals surface area contributed by atoms with E-state index >= 15 is 0 Å². The van der Waals surface area contributed by atoms with E-state index < -0.39 is 0 Å². The highest BCUT2D eigenvalue weighted by atomic mass is 15.3. The number of aryl methyl sites for hydroxylation is 2. The Balaban J connectivity index is 1.79. The topological polar surface area (TPSA) is 50.2 Å². The van der Waals surface area contributed by atoms with Crippen LogP contribution < -0.4 is 5.43 Å². The van der Waals surface area contributed by atoms with Crippen LogP contribution in [0.15, 0.2) is 65.8 Å². The van der Waals surface area contributed by atoms with Gasteiger partial charge in [-0.3, -0.25) is 0 Å². The van der Waals surface area contributed by atoms with Crippen LogP contribution in [0, 0.1) is 13.8 Å². The average molecular weight is 326 g/mol. The molecule has 0 radical (unpaired) electrons. The second-order valence-corrected chi connectivity index (χ2v) is 6.08. The van der Waals surface area contributed by atoms with Crippen LogP contribution in [0.4, 0.5) is 5.95 Å². The summed E-state index contributed by atoms with van der Waals surface area (Å²) >= 11 is 0. The molecule has 0 bridgehead atoms. The molecule has 0 spiro atoms. The average Bonchev–Trinajstić information content (AvgIpc) is 2.60. The zero-order chi connectivity index (χ0) is 17.2. The van der Waals surface area contributed by atoms with Crippen LogP contribution in [0.3, 0.4) is 0 Å². The number of fused-ring (bicyclic) bond motifs is 2. The van der Waals surface area contributed by atoms with Crippen LogP contribution >= 0.6 is 0 Å². The summed E-state index contributed by atoms with van der Waals surface area (Å²) in [5.41, 5.74) is 5.87. The molecule has 0 fully saturated rings. The van der Waals surface area contributed by atoms with E-state index in [0.717, 1.165) is 17.0 Å². The first-order chi connectivity index (χ1) is 12.2. The summed E-state index contributed by atoms with van der Waals surface area (Å²) in [7, 11) is 0. The first-order valence-corrected chi connectivity index (χ1v) is 8.22. The van der Waals surface area contributed by atoms with Crippen molar-refractivity contribution in [3.05, 3.63) is 77.6 Å². The van der Waals surface area contributed by atoms with Gasteiger partial charge in [-0.15, -0.1) is 0 Å². The van der Waals surface area contributed by atoms with Crippen LogP contribution in [0.1, 0.15) is 17.0 Å². The molecule has 4 aromatic rings. The van der Waals surface area contributed by atoms with Crippen molar-refractivity contribution < 1.29 is 0 Å². The fourth-order valence-electron chi connectivity index (χ4n) is 3.12. The molecule has 1 heterocycles. The summed E-state index contributed by atoms with van der Waals surface area (Å²) in [6, 6.07) is 20.9. The highest BCUT2D eigenvalue weighted by Crippen LogP contribution is 2.27. The van der Waals surface area contributed by atoms with Gasteiger partial charge in [0.05, 0.1) is 6.21 Å². The number of nitrogens with one attached hydrogen (secondary N) is 1. The first-order valence-electron chi connectivity index (χ1n) is 8.22. The Hall–Kier alpha value is -3.27. The Morgan fingerprint density at radius 3 is 1.96 bits per heavy atom. The van der Waals surface area contributed by atoms with E-state index in [1.165, 1.54) is 21.5 Å². The largest absolute Gasteiger partial charge is 0.245 e. The molecule has 0 aliphatic carbocycles. The Bertz CT molecular complexity index is 1030. The van der Waals surface area contributed by atoms with Gasteiger partial charge in [0.15, 0.2) is 0 Å². The van der Waals surface area contributed by atoms with Crippen molar-refractivity contribution in [2.45, 2.75) is 13.8 Å². The Morgan fingerprint density at radius 2 is 1.36 bits per heavy atom. The lowest BCUT2D eigenvalue weighted by molar-refractivity contribution is 1.04. The third-order valence-electron chi connectivity index (χ3n) is 4.15. The molecule has 4 nitrogen and oxygen atoms in total. The van der Waals surface area contributed by atoms with Gasteiger partial charge in [0.1, 0.15) is 0 Å². The Morgan fingerprint density at radius 1 is 0.800 bits per heavy atom. The van der Waals surface area contributed by atoms with E-state index in [1.54, 1.807) is 0 Å². The summed E-state index contributed by atoms with van der Waals surface area (Å²) in [4.78, 5) is 8.71. The number of anilines is 1. The fraction of sp³-hybridized carbons (Fsp3) is 0.0952. The minimum Gasteiger partial charge on any atom is -0.245 e. The SMILES string of the molecule is Cc1cc(C)nc(NN=Cc2c3ccccc3cc3ccccc23)n1. The first kappa shape index (κ1) is 15.3. The van der Waals surface area contributed by atoms with Crippen molar-refractivity contribution in [2.75, 3.05) is 5.43 Å². The predicted molar refractivity (Wildman–Crippen MR) is 104 cm³/mol. The van der Waals surface area contributed by atoms with Crippen LogP contribution in [0.2, 0.25) is 0 Å². The molecule has 0 saturated heterocycles. The molecule has 0 aliphatic heterocycles. The van der Waals surface area contributed by atoms with Gasteiger partial charge in [0.2, 0.25) is 5.95 Å². The lowest BCUT2D eigenvalue weighted by atomic mass is 9.97. The van der Waals surface area contributed by atoms with Crippen molar-refractivity contribution in [1.29, 1.82) is 0 Å². The summed E-state index contributed by atoms with van der Waals surface area (Å²) in [6.07, 6.45) is 1.85. The van der Waals surface area contributed by atoms with Gasteiger partial charge in [-0.05, 0) is 47.5 Å². The van der Waals surface area contributed by atoms with Crippen LogP contribution in [0.25, 0.3) is 21.5 Å². The van der Waals surface area contributed by atoms with E-state index in [9.17, 15) is 0 Å². The minimum absolute atomic E-state index is 0.512. The zero-order valence-corrected chi connectivity index (χ0v) is 14.2. The van der Waals surface area contributed by atoms with Crippen molar-refractivity contribution >= 4 is 33.7 Å². The summed E-state index contributed by atoms with van der Waals surface area (Å²) in [6.45, 7) is 3.89. The second kappa shape index (κ2) is 6.32. The van der Waals surface area contributed by atoms with Crippen molar-refractivity contribution in [3.63, 3.8) is 0 Å². The lowest BCUT2D eigenvalue weighted by Gasteiger charge is -2.08. The van der Waals surface area contributed by atoms with Crippen LogP contribution in [-0.4, -0.2) is 16.2 Å². The molecule has 3 aromatic carbocycles. The maximum Gasteiger partial charge on any atom is 0.243 e. The Labute approximate surface area is 146 Å². The molecule has 0 unspecified atom stereocenters. The highest BCUT2D eigenvalue weighted by molar-refractivity contribution is 6.13. The smallest absolute Gasteiger partial charge is 0.243 e. The number of hydrogen-bond donors (Lipinski definition) is 1. The quantitative estimate of drug-likeness (QED) is 0.333. The summed E-state index contributed by atoms with van der Waals surface area (Å²) < 4.78 is 0. The predicted octanol–water partition coefficient (Wildman–Crippen LogP) is 4.85. The minimum atomic E-state index is 0.512. The maximum atomic E-state index is 4.39. The van der Waals surface area contributed by atoms with Gasteiger partial charge in [-0.25, -0.2) is 15.4 Å². The van der Waals surface area contributed by atoms with Crippen LogP contribution in [0.5, 0.6) is 0 Å². The van der Waals surface area contributed by atoms with Gasteiger partial charge < -0.3 is 0 Å². The van der Waals surface area contributed by atoms with E-state index in [1.807, 2.05) is 26.1 Å². The number of hydrogen-bond acceptors (Lipinski definition) is 4. The molecule has 4 heteroatoms. The van der Waals surface area contributed by atoms with Gasteiger partial charge in [-0.2, -0.15) is 5.10 Å². The standard InChI is InChI=1S/C21H18N4/c1-14-11-15(2)24-21(23-14)25-22-13-20-18-9-5-3-7-16(18)12-17-8-4-6-10-19(17)20/h3-13H,1-2H3,(H,23,24,25). The molecule has 0 aliphatic rings. The van der Waals surface area contributed by atoms with Crippen LogP contribution in [-0.2, 0) is 0 Å². The van der Waals surface area contributed by atoms with Crippen molar-refractivity contribution in [2.24, 2.45) is 5.10 Å².